The molecule has 0 aliphatic rings. The van der Waals surface area contributed by atoms with Gasteiger partial charge in [0.25, 0.3) is 0 Å². The molecular formula is C7H6F3N3O. The summed E-state index contributed by atoms with van der Waals surface area (Å²) < 4.78 is 34.8. The second kappa shape index (κ2) is 3.95. The van der Waals surface area contributed by atoms with E-state index in [4.69, 9.17) is 0 Å². The molecule has 0 aromatic carbocycles. The van der Waals surface area contributed by atoms with Crippen molar-refractivity contribution in [3.8, 4) is 0 Å². The lowest BCUT2D eigenvalue weighted by atomic mass is 10.5. The summed E-state index contributed by atoms with van der Waals surface area (Å²) in [4.78, 5) is 14.3. The first kappa shape index (κ1) is 10.3. The standard InChI is InChI=1S/C7H6F3N3O/c8-7(9,10)13-6(14)12-5-3-1-2-4-11-5/h1-4H,(H2,11,12,13,14). The average molecular weight is 205 g/mol. The number of hydrogen-bond donors (Lipinski definition) is 2. The van der Waals surface area contributed by atoms with Crippen molar-refractivity contribution in [1.29, 1.82) is 0 Å². The number of anilines is 1. The van der Waals surface area contributed by atoms with E-state index in [9.17, 15) is 18.0 Å². The highest BCUT2D eigenvalue weighted by molar-refractivity contribution is 5.88. The number of carbonyl (C=O) groups is 1. The van der Waals surface area contributed by atoms with Crippen molar-refractivity contribution in [2.24, 2.45) is 0 Å². The molecule has 0 unspecified atom stereocenters. The lowest BCUT2D eigenvalue weighted by Crippen LogP contribution is -2.40. The van der Waals surface area contributed by atoms with Crippen molar-refractivity contribution in [2.75, 3.05) is 5.32 Å². The molecule has 1 aromatic rings. The molecule has 76 valence electrons. The van der Waals surface area contributed by atoms with Gasteiger partial charge in [0.15, 0.2) is 0 Å². The number of alkyl halides is 3. The van der Waals surface area contributed by atoms with Crippen LogP contribution in [0.1, 0.15) is 0 Å². The molecule has 1 rings (SSSR count). The molecule has 2 amide bonds. The average Bonchev–Trinajstić information content (AvgIpc) is 2.02. The molecule has 14 heavy (non-hydrogen) atoms. The Morgan fingerprint density at radius 1 is 1.36 bits per heavy atom. The van der Waals surface area contributed by atoms with Crippen LogP contribution in [0.4, 0.5) is 23.8 Å². The minimum atomic E-state index is -4.74. The number of halogens is 3. The van der Waals surface area contributed by atoms with Gasteiger partial charge in [-0.05, 0) is 12.1 Å². The zero-order valence-electron chi connectivity index (χ0n) is 6.80. The summed E-state index contributed by atoms with van der Waals surface area (Å²) in [6, 6.07) is 3.12. The van der Waals surface area contributed by atoms with Gasteiger partial charge in [-0.2, -0.15) is 13.2 Å². The van der Waals surface area contributed by atoms with E-state index < -0.39 is 12.3 Å². The van der Waals surface area contributed by atoms with Crippen molar-refractivity contribution >= 4 is 11.8 Å². The Labute approximate surface area is 77.1 Å². The van der Waals surface area contributed by atoms with Crippen LogP contribution in [0.5, 0.6) is 0 Å². The highest BCUT2D eigenvalue weighted by Gasteiger charge is 2.29. The highest BCUT2D eigenvalue weighted by atomic mass is 19.4. The van der Waals surface area contributed by atoms with E-state index in [0.29, 0.717) is 0 Å². The Morgan fingerprint density at radius 3 is 2.57 bits per heavy atom. The van der Waals surface area contributed by atoms with E-state index in [1.54, 1.807) is 6.07 Å². The van der Waals surface area contributed by atoms with E-state index in [1.165, 1.54) is 18.3 Å². The van der Waals surface area contributed by atoms with Gasteiger partial charge in [-0.15, -0.1) is 0 Å². The van der Waals surface area contributed by atoms with Gasteiger partial charge in [-0.1, -0.05) is 6.07 Å². The van der Waals surface area contributed by atoms with E-state index >= 15 is 0 Å². The normalized spacial score (nSPS) is 10.8. The van der Waals surface area contributed by atoms with Crippen molar-refractivity contribution in [3.63, 3.8) is 0 Å². The number of nitrogens with one attached hydrogen (secondary N) is 2. The first-order valence-corrected chi connectivity index (χ1v) is 3.54. The second-order valence-electron chi connectivity index (χ2n) is 2.29. The molecule has 0 radical (unpaired) electrons. The third-order valence-corrected chi connectivity index (χ3v) is 1.16. The summed E-state index contributed by atoms with van der Waals surface area (Å²) >= 11 is 0. The fourth-order valence-electron chi connectivity index (χ4n) is 0.713. The summed E-state index contributed by atoms with van der Waals surface area (Å²) in [5.74, 6) is 0.0502. The number of urea groups is 1. The summed E-state index contributed by atoms with van der Waals surface area (Å²) in [7, 11) is 0. The Morgan fingerprint density at radius 2 is 2.07 bits per heavy atom. The van der Waals surface area contributed by atoms with Crippen LogP contribution in [0, 0.1) is 0 Å². The number of rotatable bonds is 1. The fraction of sp³-hybridized carbons (Fsp3) is 0.143. The molecule has 1 aromatic heterocycles. The maximum atomic E-state index is 11.6. The van der Waals surface area contributed by atoms with Crippen LogP contribution in [-0.2, 0) is 0 Å². The number of nitrogens with zero attached hydrogens (tertiary/aromatic N) is 1. The SMILES string of the molecule is O=C(Nc1ccccn1)NC(F)(F)F. The summed E-state index contributed by atoms with van der Waals surface area (Å²) in [6.07, 6.45) is -3.39. The molecule has 0 spiro atoms. The van der Waals surface area contributed by atoms with Crippen LogP contribution >= 0.6 is 0 Å². The van der Waals surface area contributed by atoms with Gasteiger partial charge < -0.3 is 0 Å². The Bertz CT molecular complexity index is 312. The van der Waals surface area contributed by atoms with Gasteiger partial charge >= 0.3 is 12.3 Å². The Balaban J connectivity index is 2.50. The molecule has 1 heterocycles. The van der Waals surface area contributed by atoms with Crippen LogP contribution in [0.2, 0.25) is 0 Å². The zero-order chi connectivity index (χ0) is 10.6. The highest BCUT2D eigenvalue weighted by Crippen LogP contribution is 2.09. The smallest absolute Gasteiger partial charge is 0.292 e. The van der Waals surface area contributed by atoms with Crippen molar-refractivity contribution in [2.45, 2.75) is 6.30 Å². The lowest BCUT2D eigenvalue weighted by Gasteiger charge is -2.08. The van der Waals surface area contributed by atoms with Crippen LogP contribution in [0.3, 0.4) is 0 Å². The molecule has 0 aliphatic carbocycles. The first-order valence-electron chi connectivity index (χ1n) is 3.54. The molecule has 4 nitrogen and oxygen atoms in total. The van der Waals surface area contributed by atoms with Gasteiger partial charge in [0.2, 0.25) is 0 Å². The maximum absolute atomic E-state index is 11.6. The van der Waals surface area contributed by atoms with Crippen molar-refractivity contribution in [3.05, 3.63) is 24.4 Å². The molecule has 0 atom stereocenters. The van der Waals surface area contributed by atoms with Gasteiger partial charge in [-0.3, -0.25) is 5.32 Å². The molecular weight excluding hydrogens is 199 g/mol. The van der Waals surface area contributed by atoms with Crippen molar-refractivity contribution < 1.29 is 18.0 Å². The van der Waals surface area contributed by atoms with Crippen LogP contribution in [0.15, 0.2) is 24.4 Å². The minimum Gasteiger partial charge on any atom is -0.292 e. The van der Waals surface area contributed by atoms with Gasteiger partial charge in [-0.25, -0.2) is 15.1 Å². The van der Waals surface area contributed by atoms with Crippen LogP contribution < -0.4 is 10.6 Å². The molecule has 0 aliphatic heterocycles. The lowest BCUT2D eigenvalue weighted by molar-refractivity contribution is -0.144. The minimum absolute atomic E-state index is 0.0502. The number of aromatic nitrogens is 1. The third-order valence-electron chi connectivity index (χ3n) is 1.16. The van der Waals surface area contributed by atoms with E-state index in [2.05, 4.69) is 4.98 Å². The quantitative estimate of drug-likeness (QED) is 0.686. The topological polar surface area (TPSA) is 54.0 Å². The maximum Gasteiger partial charge on any atom is 0.485 e. The summed E-state index contributed by atoms with van der Waals surface area (Å²) in [5.41, 5.74) is 0. The number of carbonyl (C=O) groups excluding carboxylic acids is 1. The number of hydrogen-bond acceptors (Lipinski definition) is 2. The van der Waals surface area contributed by atoms with Crippen LogP contribution in [0.25, 0.3) is 0 Å². The Hall–Kier alpha value is -1.79. The first-order chi connectivity index (χ1) is 6.47. The van der Waals surface area contributed by atoms with Crippen LogP contribution in [-0.4, -0.2) is 17.3 Å². The fourth-order valence-corrected chi connectivity index (χ4v) is 0.713. The van der Waals surface area contributed by atoms with Crippen molar-refractivity contribution in [1.82, 2.24) is 10.3 Å². The third kappa shape index (κ3) is 3.74. The summed E-state index contributed by atoms with van der Waals surface area (Å²) in [5, 5.41) is 2.69. The zero-order valence-corrected chi connectivity index (χ0v) is 6.80. The molecule has 2 N–H and O–H groups in total. The molecule has 7 heteroatoms. The van der Waals surface area contributed by atoms with E-state index in [1.807, 2.05) is 5.32 Å². The van der Waals surface area contributed by atoms with E-state index in [0.717, 1.165) is 5.32 Å². The molecule has 0 saturated carbocycles. The molecule has 0 bridgehead atoms. The monoisotopic (exact) mass is 205 g/mol. The predicted molar refractivity (Wildman–Crippen MR) is 42.4 cm³/mol. The number of amides is 2. The van der Waals surface area contributed by atoms with Gasteiger partial charge in [0.05, 0.1) is 0 Å². The predicted octanol–water partition coefficient (Wildman–Crippen LogP) is 1.72. The number of pyridine rings is 1. The van der Waals surface area contributed by atoms with Gasteiger partial charge in [0, 0.05) is 6.20 Å². The Kier molecular flexibility index (Phi) is 2.90. The summed E-state index contributed by atoms with van der Waals surface area (Å²) in [6.45, 7) is 0. The molecule has 0 fully saturated rings. The molecule has 0 saturated heterocycles. The van der Waals surface area contributed by atoms with E-state index in [-0.39, 0.29) is 5.82 Å². The van der Waals surface area contributed by atoms with Gasteiger partial charge in [0.1, 0.15) is 5.82 Å². The largest absolute Gasteiger partial charge is 0.485 e. The second-order valence-corrected chi connectivity index (χ2v) is 2.29.